The lowest BCUT2D eigenvalue weighted by Crippen LogP contribution is -2.20. The molecule has 0 aliphatic rings. The smallest absolute Gasteiger partial charge is 0.337 e. The standard InChI is InChI=1S/C14H13ClN2O2/c1-17(9-10-4-3-7-16-8-10)13-11(14(18)19)5-2-6-12(13)15/h2-8H,9H2,1H3,(H,18,19). The van der Waals surface area contributed by atoms with Crippen LogP contribution in [0.15, 0.2) is 42.7 Å². The monoisotopic (exact) mass is 276 g/mol. The number of carboxylic acids is 1. The van der Waals surface area contributed by atoms with Crippen LogP contribution in [-0.4, -0.2) is 23.1 Å². The van der Waals surface area contributed by atoms with E-state index >= 15 is 0 Å². The predicted molar refractivity (Wildman–Crippen MR) is 74.8 cm³/mol. The fourth-order valence-electron chi connectivity index (χ4n) is 1.92. The van der Waals surface area contributed by atoms with Crippen LogP contribution in [0.2, 0.25) is 5.02 Å². The fraction of sp³-hybridized carbons (Fsp3) is 0.143. The highest BCUT2D eigenvalue weighted by Crippen LogP contribution is 2.30. The van der Waals surface area contributed by atoms with E-state index in [4.69, 9.17) is 11.6 Å². The summed E-state index contributed by atoms with van der Waals surface area (Å²) in [4.78, 5) is 17.1. The number of benzene rings is 1. The van der Waals surface area contributed by atoms with Crippen molar-refractivity contribution in [2.45, 2.75) is 6.54 Å². The van der Waals surface area contributed by atoms with Gasteiger partial charge in [-0.05, 0) is 23.8 Å². The van der Waals surface area contributed by atoms with Crippen molar-refractivity contribution in [3.8, 4) is 0 Å². The Labute approximate surface area is 116 Å². The summed E-state index contributed by atoms with van der Waals surface area (Å²) in [5.41, 5.74) is 1.70. The first-order valence-electron chi connectivity index (χ1n) is 5.71. The average molecular weight is 277 g/mol. The highest BCUT2D eigenvalue weighted by Gasteiger charge is 2.16. The van der Waals surface area contributed by atoms with Crippen molar-refractivity contribution in [3.63, 3.8) is 0 Å². The van der Waals surface area contributed by atoms with Crippen molar-refractivity contribution in [2.75, 3.05) is 11.9 Å². The molecule has 0 aliphatic heterocycles. The van der Waals surface area contributed by atoms with Gasteiger partial charge in [0, 0.05) is 26.0 Å². The van der Waals surface area contributed by atoms with Crippen LogP contribution in [0.5, 0.6) is 0 Å². The minimum atomic E-state index is -0.990. The number of carbonyl (C=O) groups is 1. The van der Waals surface area contributed by atoms with Gasteiger partial charge in [-0.15, -0.1) is 0 Å². The van der Waals surface area contributed by atoms with Gasteiger partial charge in [0.1, 0.15) is 0 Å². The normalized spacial score (nSPS) is 10.2. The quantitative estimate of drug-likeness (QED) is 0.932. The third kappa shape index (κ3) is 3.03. The van der Waals surface area contributed by atoms with Crippen LogP contribution in [0.3, 0.4) is 0 Å². The summed E-state index contributed by atoms with van der Waals surface area (Å²) in [6.07, 6.45) is 3.44. The molecule has 5 heteroatoms. The molecule has 1 aromatic carbocycles. The molecular formula is C14H13ClN2O2. The molecule has 0 saturated carbocycles. The van der Waals surface area contributed by atoms with Crippen molar-refractivity contribution in [1.82, 2.24) is 4.98 Å². The topological polar surface area (TPSA) is 53.4 Å². The molecule has 0 spiro atoms. The van der Waals surface area contributed by atoms with Gasteiger partial charge in [-0.2, -0.15) is 0 Å². The maximum absolute atomic E-state index is 11.2. The zero-order chi connectivity index (χ0) is 13.8. The molecule has 0 atom stereocenters. The molecule has 0 bridgehead atoms. The minimum absolute atomic E-state index is 0.193. The third-order valence-electron chi connectivity index (χ3n) is 2.74. The lowest BCUT2D eigenvalue weighted by molar-refractivity contribution is 0.0697. The Balaban J connectivity index is 2.33. The molecule has 1 aromatic heterocycles. The number of pyridine rings is 1. The fourth-order valence-corrected chi connectivity index (χ4v) is 2.24. The van der Waals surface area contributed by atoms with Crippen molar-refractivity contribution < 1.29 is 9.90 Å². The minimum Gasteiger partial charge on any atom is -0.478 e. The maximum atomic E-state index is 11.2. The molecule has 1 heterocycles. The molecule has 0 fully saturated rings. The first-order valence-corrected chi connectivity index (χ1v) is 6.09. The Morgan fingerprint density at radius 2 is 2.16 bits per heavy atom. The summed E-state index contributed by atoms with van der Waals surface area (Å²) >= 11 is 6.11. The van der Waals surface area contributed by atoms with E-state index in [2.05, 4.69) is 4.98 Å². The van der Waals surface area contributed by atoms with E-state index in [9.17, 15) is 9.90 Å². The number of halogens is 1. The van der Waals surface area contributed by atoms with E-state index in [0.29, 0.717) is 17.3 Å². The Hall–Kier alpha value is -2.07. The summed E-state index contributed by atoms with van der Waals surface area (Å²) in [6, 6.07) is 8.63. The molecule has 0 saturated heterocycles. The molecular weight excluding hydrogens is 264 g/mol. The maximum Gasteiger partial charge on any atom is 0.337 e. The molecule has 2 aromatic rings. The largest absolute Gasteiger partial charge is 0.478 e. The van der Waals surface area contributed by atoms with Gasteiger partial charge in [0.15, 0.2) is 0 Å². The second-order valence-electron chi connectivity index (χ2n) is 4.16. The van der Waals surface area contributed by atoms with E-state index in [-0.39, 0.29) is 5.56 Å². The van der Waals surface area contributed by atoms with Crippen LogP contribution in [0.4, 0.5) is 5.69 Å². The van der Waals surface area contributed by atoms with Crippen LogP contribution in [0.1, 0.15) is 15.9 Å². The van der Waals surface area contributed by atoms with Gasteiger partial charge in [-0.1, -0.05) is 23.7 Å². The number of hydrogen-bond donors (Lipinski definition) is 1. The van der Waals surface area contributed by atoms with E-state index in [0.717, 1.165) is 5.56 Å². The Bertz CT molecular complexity index is 587. The number of anilines is 1. The number of para-hydroxylation sites is 1. The molecule has 1 N–H and O–H groups in total. The Morgan fingerprint density at radius 1 is 1.37 bits per heavy atom. The number of hydrogen-bond acceptors (Lipinski definition) is 3. The molecule has 98 valence electrons. The van der Waals surface area contributed by atoms with Crippen molar-refractivity contribution >= 4 is 23.3 Å². The molecule has 4 nitrogen and oxygen atoms in total. The van der Waals surface area contributed by atoms with Gasteiger partial charge in [0.05, 0.1) is 16.3 Å². The zero-order valence-electron chi connectivity index (χ0n) is 10.4. The number of rotatable bonds is 4. The van der Waals surface area contributed by atoms with Gasteiger partial charge < -0.3 is 10.0 Å². The lowest BCUT2D eigenvalue weighted by Gasteiger charge is -2.22. The van der Waals surface area contributed by atoms with Gasteiger partial charge in [-0.3, -0.25) is 4.98 Å². The first kappa shape index (κ1) is 13.4. The zero-order valence-corrected chi connectivity index (χ0v) is 11.1. The highest BCUT2D eigenvalue weighted by molar-refractivity contribution is 6.34. The number of aromatic carboxylic acids is 1. The summed E-state index contributed by atoms with van der Waals surface area (Å²) in [5.74, 6) is -0.990. The van der Waals surface area contributed by atoms with Gasteiger partial charge in [-0.25, -0.2) is 4.79 Å². The van der Waals surface area contributed by atoms with Crippen molar-refractivity contribution in [2.24, 2.45) is 0 Å². The SMILES string of the molecule is CN(Cc1cccnc1)c1c(Cl)cccc1C(=O)O. The molecule has 0 amide bonds. The van der Waals surface area contributed by atoms with E-state index in [1.165, 1.54) is 0 Å². The average Bonchev–Trinajstić information content (AvgIpc) is 2.39. The van der Waals surface area contributed by atoms with Gasteiger partial charge in [0.25, 0.3) is 0 Å². The van der Waals surface area contributed by atoms with E-state index < -0.39 is 5.97 Å². The molecule has 19 heavy (non-hydrogen) atoms. The Kier molecular flexibility index (Phi) is 4.02. The predicted octanol–water partition coefficient (Wildman–Crippen LogP) is 3.07. The van der Waals surface area contributed by atoms with Crippen LogP contribution >= 0.6 is 11.6 Å². The second kappa shape index (κ2) is 5.71. The van der Waals surface area contributed by atoms with Crippen LogP contribution in [-0.2, 0) is 6.54 Å². The summed E-state index contributed by atoms with van der Waals surface area (Å²) in [7, 11) is 1.81. The number of carboxylic acid groups (broad SMARTS) is 1. The summed E-state index contributed by atoms with van der Waals surface area (Å²) in [5, 5.41) is 9.63. The van der Waals surface area contributed by atoms with Gasteiger partial charge in [0.2, 0.25) is 0 Å². The van der Waals surface area contributed by atoms with E-state index in [1.807, 2.05) is 17.0 Å². The Morgan fingerprint density at radius 3 is 2.79 bits per heavy atom. The van der Waals surface area contributed by atoms with Gasteiger partial charge >= 0.3 is 5.97 Å². The summed E-state index contributed by atoms with van der Waals surface area (Å²) in [6.45, 7) is 0.540. The number of aromatic nitrogens is 1. The second-order valence-corrected chi connectivity index (χ2v) is 4.57. The van der Waals surface area contributed by atoms with E-state index in [1.54, 1.807) is 37.6 Å². The first-order chi connectivity index (χ1) is 9.09. The molecule has 0 unspecified atom stereocenters. The summed E-state index contributed by atoms with van der Waals surface area (Å²) < 4.78 is 0. The van der Waals surface area contributed by atoms with Crippen LogP contribution in [0.25, 0.3) is 0 Å². The van der Waals surface area contributed by atoms with Crippen LogP contribution < -0.4 is 4.90 Å². The molecule has 2 rings (SSSR count). The lowest BCUT2D eigenvalue weighted by atomic mass is 10.1. The highest BCUT2D eigenvalue weighted by atomic mass is 35.5. The van der Waals surface area contributed by atoms with Crippen molar-refractivity contribution in [3.05, 3.63) is 58.9 Å². The number of nitrogens with zero attached hydrogens (tertiary/aromatic N) is 2. The molecule has 0 radical (unpaired) electrons. The van der Waals surface area contributed by atoms with Crippen molar-refractivity contribution in [1.29, 1.82) is 0 Å². The third-order valence-corrected chi connectivity index (χ3v) is 3.05. The van der Waals surface area contributed by atoms with Crippen LogP contribution in [0, 0.1) is 0 Å². The molecule has 0 aliphatic carbocycles.